The molecule has 172 valence electrons. The Morgan fingerprint density at radius 1 is 1.19 bits per heavy atom. The fourth-order valence-corrected chi connectivity index (χ4v) is 6.48. The number of esters is 1. The van der Waals surface area contributed by atoms with Crippen LogP contribution in [0.25, 0.3) is 0 Å². The largest absolute Gasteiger partial charge is 0.461 e. The van der Waals surface area contributed by atoms with E-state index in [-0.39, 0.29) is 29.4 Å². The summed E-state index contributed by atoms with van der Waals surface area (Å²) in [4.78, 5) is 24.4. The van der Waals surface area contributed by atoms with Crippen LogP contribution < -0.4 is 10.5 Å². The molecule has 2 N–H and O–H groups in total. The maximum atomic E-state index is 12.5. The predicted octanol–water partition coefficient (Wildman–Crippen LogP) is 3.49. The van der Waals surface area contributed by atoms with E-state index < -0.39 is 24.8 Å². The van der Waals surface area contributed by atoms with Crippen molar-refractivity contribution in [2.75, 3.05) is 0 Å². The Hall–Kier alpha value is -2.06. The van der Waals surface area contributed by atoms with E-state index in [0.717, 1.165) is 18.4 Å². The molecule has 32 heavy (non-hydrogen) atoms. The number of hydrogen-bond acceptors (Lipinski definition) is 6. The number of rotatable bonds is 5. The zero-order valence-corrected chi connectivity index (χ0v) is 19.5. The van der Waals surface area contributed by atoms with E-state index in [1.807, 2.05) is 6.07 Å². The van der Waals surface area contributed by atoms with Gasteiger partial charge in [-0.1, -0.05) is 26.0 Å². The lowest BCUT2D eigenvalue weighted by molar-refractivity contribution is -0.199. The highest BCUT2D eigenvalue weighted by Gasteiger charge is 2.68. The molecule has 2 bridgehead atoms. The highest BCUT2D eigenvalue weighted by molar-refractivity contribution is 6.47. The van der Waals surface area contributed by atoms with Crippen molar-refractivity contribution in [3.05, 3.63) is 29.3 Å². The van der Waals surface area contributed by atoms with E-state index in [2.05, 4.69) is 20.8 Å². The second-order valence-corrected chi connectivity index (χ2v) is 11.2. The van der Waals surface area contributed by atoms with Gasteiger partial charge in [-0.25, -0.2) is 4.79 Å². The van der Waals surface area contributed by atoms with Gasteiger partial charge in [0.25, 0.3) is 0 Å². The number of primary amides is 1. The Morgan fingerprint density at radius 2 is 1.94 bits per heavy atom. The molecule has 7 nitrogen and oxygen atoms in total. The maximum Gasteiger partial charge on any atom is 0.461 e. The summed E-state index contributed by atoms with van der Waals surface area (Å²) >= 11 is 0. The van der Waals surface area contributed by atoms with Crippen LogP contribution in [0.1, 0.15) is 69.8 Å². The van der Waals surface area contributed by atoms with Gasteiger partial charge in [0.2, 0.25) is 11.7 Å². The molecule has 4 fully saturated rings. The van der Waals surface area contributed by atoms with Gasteiger partial charge in [0, 0.05) is 26.1 Å². The summed E-state index contributed by atoms with van der Waals surface area (Å²) < 4.78 is 24.4. The van der Waals surface area contributed by atoms with Crippen LogP contribution in [0.2, 0.25) is 5.82 Å². The average Bonchev–Trinajstić information content (AvgIpc) is 3.04. The zero-order chi connectivity index (χ0) is 23.1. The fraction of sp³-hybridized carbons (Fsp3) is 0.667. The van der Waals surface area contributed by atoms with Gasteiger partial charge in [-0.3, -0.25) is 4.79 Å². The molecule has 1 unspecified atom stereocenters. The van der Waals surface area contributed by atoms with Crippen molar-refractivity contribution in [3.63, 3.8) is 0 Å². The number of nitrogens with two attached hydrogens (primary N) is 1. The van der Waals surface area contributed by atoms with Gasteiger partial charge in [-0.05, 0) is 55.1 Å². The summed E-state index contributed by atoms with van der Waals surface area (Å²) in [7, 11) is -0.535. The monoisotopic (exact) mass is 441 g/mol. The lowest BCUT2D eigenvalue weighted by Crippen LogP contribution is -2.65. The number of ether oxygens (including phenoxy) is 2. The third-order valence-electron chi connectivity index (χ3n) is 8.30. The number of carbonyl (C=O) groups is 2. The van der Waals surface area contributed by atoms with Crippen LogP contribution in [0.15, 0.2) is 18.2 Å². The van der Waals surface area contributed by atoms with Crippen molar-refractivity contribution in [3.8, 4) is 5.75 Å². The smallest absolute Gasteiger partial charge is 0.452 e. The Kier molecular flexibility index (Phi) is 4.74. The van der Waals surface area contributed by atoms with Crippen molar-refractivity contribution < 1.29 is 28.4 Å². The number of fused-ring (bicyclic) bond motifs is 1. The minimum Gasteiger partial charge on any atom is -0.452 e. The highest BCUT2D eigenvalue weighted by atomic mass is 16.7. The van der Waals surface area contributed by atoms with Gasteiger partial charge in [-0.15, -0.1) is 0 Å². The Bertz CT molecular complexity index is 977. The summed E-state index contributed by atoms with van der Waals surface area (Å²) in [6, 6.07) is 5.39. The third kappa shape index (κ3) is 3.26. The SMILES string of the molecule is CC1(C)OC(=O)c2cccc(C[C@H](CC(N)=O)B3OC4C[C@@H]5C[C@@H](C5(C)C)[C@]4(C)O3)c2O1. The van der Waals surface area contributed by atoms with Crippen molar-refractivity contribution >= 4 is 19.0 Å². The van der Waals surface area contributed by atoms with Gasteiger partial charge in [0.1, 0.15) is 11.3 Å². The van der Waals surface area contributed by atoms with Crippen LogP contribution in [0.5, 0.6) is 5.75 Å². The Labute approximate surface area is 189 Å². The van der Waals surface area contributed by atoms with E-state index in [1.165, 1.54) is 0 Å². The van der Waals surface area contributed by atoms with Crippen LogP contribution in [0.4, 0.5) is 0 Å². The third-order valence-corrected chi connectivity index (χ3v) is 8.30. The van der Waals surface area contributed by atoms with E-state index in [4.69, 9.17) is 24.5 Å². The highest BCUT2D eigenvalue weighted by Crippen LogP contribution is 2.66. The van der Waals surface area contributed by atoms with Crippen LogP contribution in [-0.2, 0) is 25.3 Å². The molecule has 0 aromatic heterocycles. The van der Waals surface area contributed by atoms with E-state index in [1.54, 1.807) is 26.0 Å². The molecule has 1 aromatic carbocycles. The molecule has 1 aromatic rings. The molecule has 1 amide bonds. The number of cyclic esters (lactones) is 1. The maximum absolute atomic E-state index is 12.5. The molecule has 8 heteroatoms. The molecule has 0 radical (unpaired) electrons. The van der Waals surface area contributed by atoms with Crippen molar-refractivity contribution in [1.82, 2.24) is 0 Å². The van der Waals surface area contributed by atoms with Crippen LogP contribution >= 0.6 is 0 Å². The van der Waals surface area contributed by atoms with Gasteiger partial charge in [-0.2, -0.15) is 0 Å². The molecular weight excluding hydrogens is 409 g/mol. The Balaban J connectivity index is 1.43. The number of carbonyl (C=O) groups excluding carboxylic acids is 2. The molecule has 0 spiro atoms. The summed E-state index contributed by atoms with van der Waals surface area (Å²) in [5.41, 5.74) is 6.69. The van der Waals surface area contributed by atoms with Crippen molar-refractivity contribution in [2.24, 2.45) is 23.0 Å². The molecule has 5 atom stereocenters. The second kappa shape index (κ2) is 6.97. The molecule has 1 saturated heterocycles. The van der Waals surface area contributed by atoms with Crippen LogP contribution in [0.3, 0.4) is 0 Å². The van der Waals surface area contributed by atoms with Crippen LogP contribution in [-0.4, -0.2) is 36.5 Å². The zero-order valence-electron chi connectivity index (χ0n) is 19.5. The number of para-hydroxylation sites is 1. The summed E-state index contributed by atoms with van der Waals surface area (Å²) in [6.45, 7) is 10.2. The second-order valence-electron chi connectivity index (χ2n) is 11.2. The summed E-state index contributed by atoms with van der Waals surface area (Å²) in [5.74, 6) is -0.601. The van der Waals surface area contributed by atoms with E-state index >= 15 is 0 Å². The first-order chi connectivity index (χ1) is 14.9. The topological polar surface area (TPSA) is 97.1 Å². The molecule has 2 heterocycles. The first-order valence-electron chi connectivity index (χ1n) is 11.6. The normalized spacial score (nSPS) is 34.5. The number of benzene rings is 1. The van der Waals surface area contributed by atoms with E-state index in [0.29, 0.717) is 29.6 Å². The molecule has 2 aliphatic heterocycles. The standard InChI is InChI=1S/C24H32BNO6/c1-22(2)14-10-17(22)24(5)18(11-14)31-25(32-24)15(12-19(26)27)9-13-7-6-8-16-20(13)29-23(3,4)30-21(16)28/h6-8,14-15,17-18H,9-12H2,1-5H3,(H2,26,27)/t14-,15+,17-,18?,24-/m0/s1. The lowest BCUT2D eigenvalue weighted by atomic mass is 9.43. The number of hydrogen-bond donors (Lipinski definition) is 1. The summed E-state index contributed by atoms with van der Waals surface area (Å²) in [6.07, 6.45) is 2.73. The van der Waals surface area contributed by atoms with Crippen LogP contribution in [0, 0.1) is 17.3 Å². The van der Waals surface area contributed by atoms with Gasteiger partial charge in [0.15, 0.2) is 0 Å². The number of amides is 1. The van der Waals surface area contributed by atoms with Gasteiger partial charge < -0.3 is 24.5 Å². The minimum absolute atomic E-state index is 0.0227. The Morgan fingerprint density at radius 3 is 2.62 bits per heavy atom. The average molecular weight is 441 g/mol. The first-order valence-corrected chi connectivity index (χ1v) is 11.6. The molecule has 5 aliphatic rings. The predicted molar refractivity (Wildman–Crippen MR) is 118 cm³/mol. The lowest BCUT2D eigenvalue weighted by Gasteiger charge is -2.64. The molecule has 6 rings (SSSR count). The van der Waals surface area contributed by atoms with Crippen molar-refractivity contribution in [1.29, 1.82) is 0 Å². The molecule has 3 saturated carbocycles. The summed E-state index contributed by atoms with van der Waals surface area (Å²) in [5, 5.41) is 0. The molecular formula is C24H32BNO6. The van der Waals surface area contributed by atoms with Gasteiger partial charge in [0.05, 0.1) is 11.7 Å². The quantitative estimate of drug-likeness (QED) is 0.555. The first kappa shape index (κ1) is 21.8. The molecule has 3 aliphatic carbocycles. The van der Waals surface area contributed by atoms with Crippen molar-refractivity contribution in [2.45, 2.75) is 83.6 Å². The minimum atomic E-state index is -1.06. The fourth-order valence-electron chi connectivity index (χ4n) is 6.48. The van der Waals surface area contributed by atoms with Gasteiger partial charge >= 0.3 is 13.1 Å². The van der Waals surface area contributed by atoms with E-state index in [9.17, 15) is 9.59 Å².